The Morgan fingerprint density at radius 3 is 2.42 bits per heavy atom. The molecule has 31 heavy (non-hydrogen) atoms. The van der Waals surface area contributed by atoms with Gasteiger partial charge in [0, 0.05) is 13.6 Å². The summed E-state index contributed by atoms with van der Waals surface area (Å²) in [4.78, 5) is 28.9. The van der Waals surface area contributed by atoms with E-state index in [-0.39, 0.29) is 11.8 Å². The molecule has 0 radical (unpaired) electrons. The molecule has 178 valence electrons. The van der Waals surface area contributed by atoms with Crippen LogP contribution in [0.1, 0.15) is 72.1 Å². The number of guanidine groups is 1. The average molecular weight is 439 g/mol. The van der Waals surface area contributed by atoms with E-state index in [1.165, 1.54) is 12.5 Å². The summed E-state index contributed by atoms with van der Waals surface area (Å²) in [6.07, 6.45) is 9.92. The number of nitrogens with two attached hydrogens (primary N) is 1. The zero-order valence-corrected chi connectivity index (χ0v) is 19.6. The van der Waals surface area contributed by atoms with Gasteiger partial charge in [0.1, 0.15) is 6.04 Å². The summed E-state index contributed by atoms with van der Waals surface area (Å²) >= 11 is 0. The highest BCUT2D eigenvalue weighted by Gasteiger charge is 2.29. The van der Waals surface area contributed by atoms with Crippen LogP contribution < -0.4 is 21.7 Å². The van der Waals surface area contributed by atoms with E-state index in [0.29, 0.717) is 31.8 Å². The summed E-state index contributed by atoms with van der Waals surface area (Å²) < 4.78 is 0. The maximum Gasteiger partial charge on any atom is 0.475 e. The molecule has 0 saturated carbocycles. The highest BCUT2D eigenvalue weighted by Crippen LogP contribution is 2.07. The van der Waals surface area contributed by atoms with Crippen LogP contribution in [-0.4, -0.2) is 60.5 Å². The fourth-order valence-corrected chi connectivity index (χ4v) is 3.02. The normalized spacial score (nSPS) is 13.8. The van der Waals surface area contributed by atoms with Crippen LogP contribution in [0.5, 0.6) is 0 Å². The number of hydrogen-bond acceptors (Lipinski definition) is 5. The topological polar surface area (TPSA) is 149 Å². The SMILES string of the molecule is CCCCCC/C=C/C(=O)N[C@@H](CCCNC(N)=NC)C(=O)N[C@@H](CC(C)C)B(O)O. The van der Waals surface area contributed by atoms with Crippen LogP contribution in [0.4, 0.5) is 0 Å². The second-order valence-corrected chi connectivity index (χ2v) is 8.15. The first kappa shape index (κ1) is 28.9. The number of rotatable bonds is 16. The first-order valence-electron chi connectivity index (χ1n) is 11.3. The van der Waals surface area contributed by atoms with Gasteiger partial charge in [-0.15, -0.1) is 0 Å². The Labute approximate surface area is 187 Å². The summed E-state index contributed by atoms with van der Waals surface area (Å²) in [7, 11) is -0.101. The Balaban J connectivity index is 4.90. The molecule has 0 heterocycles. The van der Waals surface area contributed by atoms with E-state index in [1.807, 2.05) is 19.9 Å². The van der Waals surface area contributed by atoms with Crippen molar-refractivity contribution in [1.82, 2.24) is 16.0 Å². The third-order valence-corrected chi connectivity index (χ3v) is 4.76. The number of amides is 2. The molecule has 7 N–H and O–H groups in total. The maximum atomic E-state index is 12.8. The Bertz CT molecular complexity index is 570. The highest BCUT2D eigenvalue weighted by atomic mass is 16.4. The molecule has 0 aliphatic heterocycles. The Morgan fingerprint density at radius 1 is 1.13 bits per heavy atom. The molecule has 9 nitrogen and oxygen atoms in total. The van der Waals surface area contributed by atoms with Crippen LogP contribution in [0, 0.1) is 5.92 Å². The van der Waals surface area contributed by atoms with Gasteiger partial charge in [-0.25, -0.2) is 0 Å². The van der Waals surface area contributed by atoms with Crippen molar-refractivity contribution in [3.63, 3.8) is 0 Å². The van der Waals surface area contributed by atoms with Gasteiger partial charge >= 0.3 is 7.12 Å². The molecule has 0 bridgehead atoms. The number of nitrogens with zero attached hydrogens (tertiary/aromatic N) is 1. The third-order valence-electron chi connectivity index (χ3n) is 4.76. The largest absolute Gasteiger partial charge is 0.475 e. The molecule has 10 heteroatoms. The van der Waals surface area contributed by atoms with Gasteiger partial charge in [-0.1, -0.05) is 46.1 Å². The van der Waals surface area contributed by atoms with E-state index < -0.39 is 25.0 Å². The summed E-state index contributed by atoms with van der Waals surface area (Å²) in [5.41, 5.74) is 5.60. The standard InChI is InChI=1S/C21H42BN5O4/c1-5-6-7-8-9-10-13-19(28)26-17(12-11-14-25-21(23)24-4)20(29)27-18(22(30)31)15-16(2)3/h10,13,16-18,30-31H,5-9,11-12,14-15H2,1-4H3,(H,26,28)(H,27,29)(H3,23,24,25)/b13-10+/t17-,18-/m0/s1. The molecule has 0 aromatic carbocycles. The Morgan fingerprint density at radius 2 is 1.84 bits per heavy atom. The second-order valence-electron chi connectivity index (χ2n) is 8.15. The van der Waals surface area contributed by atoms with Crippen LogP contribution in [0.25, 0.3) is 0 Å². The van der Waals surface area contributed by atoms with Crippen LogP contribution in [0.3, 0.4) is 0 Å². The number of nitrogens with one attached hydrogen (secondary N) is 3. The van der Waals surface area contributed by atoms with Crippen LogP contribution >= 0.6 is 0 Å². The van der Waals surface area contributed by atoms with Gasteiger partial charge in [-0.3, -0.25) is 14.6 Å². The minimum atomic E-state index is -1.67. The van der Waals surface area contributed by atoms with Gasteiger partial charge in [0.25, 0.3) is 0 Å². The van der Waals surface area contributed by atoms with Crippen molar-refractivity contribution in [3.8, 4) is 0 Å². The first-order chi connectivity index (χ1) is 14.7. The lowest BCUT2D eigenvalue weighted by atomic mass is 9.75. The van der Waals surface area contributed by atoms with Gasteiger partial charge in [0.15, 0.2) is 5.96 Å². The highest BCUT2D eigenvalue weighted by molar-refractivity contribution is 6.43. The summed E-state index contributed by atoms with van der Waals surface area (Å²) in [5.74, 6) is -1.13. The maximum absolute atomic E-state index is 12.8. The molecule has 0 aliphatic rings. The molecule has 0 spiro atoms. The molecule has 0 unspecified atom stereocenters. The van der Waals surface area contributed by atoms with Crippen molar-refractivity contribution in [3.05, 3.63) is 12.2 Å². The van der Waals surface area contributed by atoms with Crippen molar-refractivity contribution in [2.45, 2.75) is 84.1 Å². The van der Waals surface area contributed by atoms with Crippen molar-refractivity contribution >= 4 is 24.9 Å². The molecular weight excluding hydrogens is 397 g/mol. The van der Waals surface area contributed by atoms with E-state index in [4.69, 9.17) is 5.73 Å². The predicted molar refractivity (Wildman–Crippen MR) is 126 cm³/mol. The molecule has 2 amide bonds. The average Bonchev–Trinajstić information content (AvgIpc) is 2.71. The fourth-order valence-electron chi connectivity index (χ4n) is 3.02. The van der Waals surface area contributed by atoms with Crippen LogP contribution in [-0.2, 0) is 9.59 Å². The van der Waals surface area contributed by atoms with E-state index >= 15 is 0 Å². The lowest BCUT2D eigenvalue weighted by Crippen LogP contribution is -2.54. The van der Waals surface area contributed by atoms with Crippen molar-refractivity contribution < 1.29 is 19.6 Å². The number of unbranched alkanes of at least 4 members (excludes halogenated alkanes) is 4. The Kier molecular flexibility index (Phi) is 16.4. The predicted octanol–water partition coefficient (Wildman–Crippen LogP) is 0.855. The number of allylic oxidation sites excluding steroid dienone is 1. The fraction of sp³-hybridized carbons (Fsp3) is 0.762. The van der Waals surface area contributed by atoms with Gasteiger partial charge in [0.2, 0.25) is 11.8 Å². The van der Waals surface area contributed by atoms with Gasteiger partial charge < -0.3 is 31.7 Å². The number of carbonyl (C=O) groups is 2. The van der Waals surface area contributed by atoms with Crippen LogP contribution in [0.2, 0.25) is 0 Å². The quantitative estimate of drug-likeness (QED) is 0.0691. The third kappa shape index (κ3) is 15.4. The minimum absolute atomic E-state index is 0.163. The zero-order valence-electron chi connectivity index (χ0n) is 19.6. The number of hydrogen-bond donors (Lipinski definition) is 6. The molecule has 2 atom stereocenters. The number of aliphatic imine (C=N–C) groups is 1. The van der Waals surface area contributed by atoms with E-state index in [1.54, 1.807) is 7.05 Å². The lowest BCUT2D eigenvalue weighted by molar-refractivity contribution is -0.127. The molecule has 0 aromatic heterocycles. The smallest absolute Gasteiger partial charge is 0.426 e. The molecule has 0 aromatic rings. The Hall–Kier alpha value is -2.07. The summed E-state index contributed by atoms with van der Waals surface area (Å²) in [6.45, 7) is 6.50. The molecular formula is C21H42BN5O4. The monoisotopic (exact) mass is 439 g/mol. The molecule has 0 saturated heterocycles. The minimum Gasteiger partial charge on any atom is -0.426 e. The summed E-state index contributed by atoms with van der Waals surface area (Å²) in [5, 5.41) is 27.5. The van der Waals surface area contributed by atoms with E-state index in [2.05, 4.69) is 27.9 Å². The van der Waals surface area contributed by atoms with Crippen molar-refractivity contribution in [2.24, 2.45) is 16.6 Å². The second kappa shape index (κ2) is 17.6. The van der Waals surface area contributed by atoms with E-state index in [0.717, 1.165) is 25.7 Å². The van der Waals surface area contributed by atoms with Gasteiger partial charge in [-0.05, 0) is 44.1 Å². The molecule has 0 fully saturated rings. The van der Waals surface area contributed by atoms with Crippen molar-refractivity contribution in [1.29, 1.82) is 0 Å². The van der Waals surface area contributed by atoms with Crippen molar-refractivity contribution in [2.75, 3.05) is 13.6 Å². The van der Waals surface area contributed by atoms with Gasteiger partial charge in [-0.2, -0.15) is 0 Å². The molecule has 0 aliphatic carbocycles. The lowest BCUT2D eigenvalue weighted by Gasteiger charge is -2.24. The summed E-state index contributed by atoms with van der Waals surface area (Å²) in [6, 6.07) is -0.799. The number of carbonyl (C=O) groups excluding carboxylic acids is 2. The van der Waals surface area contributed by atoms with E-state index in [9.17, 15) is 19.6 Å². The van der Waals surface area contributed by atoms with Gasteiger partial charge in [0.05, 0.1) is 5.94 Å². The first-order valence-corrected chi connectivity index (χ1v) is 11.3. The van der Waals surface area contributed by atoms with Crippen LogP contribution in [0.15, 0.2) is 17.1 Å². The zero-order chi connectivity index (χ0) is 23.6. The molecule has 0 rings (SSSR count).